The summed E-state index contributed by atoms with van der Waals surface area (Å²) in [6.07, 6.45) is -0.801. The van der Waals surface area contributed by atoms with Crippen LogP contribution in [-0.2, 0) is 16.0 Å². The van der Waals surface area contributed by atoms with Gasteiger partial charge in [-0.3, -0.25) is 0 Å². The number of hydrogen-bond donors (Lipinski definition) is 2. The Kier molecular flexibility index (Phi) is 5.92. The number of para-hydroxylation sites is 1. The lowest BCUT2D eigenvalue weighted by Crippen LogP contribution is -2.44. The van der Waals surface area contributed by atoms with Gasteiger partial charge in [0.2, 0.25) is 0 Å². The molecule has 0 aliphatic rings. The number of nitrogens with one attached hydrogen (secondary N) is 1. The molecule has 2 N–H and O–H groups in total. The fraction of sp³-hybridized carbons (Fsp3) is 0.368. The van der Waals surface area contributed by atoms with Gasteiger partial charge in [-0.1, -0.05) is 12.1 Å². The molecule has 0 fully saturated rings. The third kappa shape index (κ3) is 5.27. The van der Waals surface area contributed by atoms with E-state index in [0.717, 1.165) is 5.56 Å². The summed E-state index contributed by atoms with van der Waals surface area (Å²) in [6, 6.07) is 9.59. The van der Waals surface area contributed by atoms with E-state index in [1.807, 2.05) is 24.3 Å². The molecule has 26 heavy (non-hydrogen) atoms. The summed E-state index contributed by atoms with van der Waals surface area (Å²) in [6.45, 7) is 5.11. The predicted octanol–water partition coefficient (Wildman–Crippen LogP) is 3.48. The minimum Gasteiger partial charge on any atom is -0.496 e. The SMILES string of the molecule is COc1ccccc1-c1ccc(CC(NC(=O)OC(C)(C)C)C(=O)O)o1. The van der Waals surface area contributed by atoms with Gasteiger partial charge in [0, 0.05) is 6.42 Å². The average molecular weight is 361 g/mol. The summed E-state index contributed by atoms with van der Waals surface area (Å²) >= 11 is 0. The summed E-state index contributed by atoms with van der Waals surface area (Å²) in [7, 11) is 1.56. The summed E-state index contributed by atoms with van der Waals surface area (Å²) < 4.78 is 16.1. The standard InChI is InChI=1S/C19H23NO6/c1-19(2,3)26-18(23)20-14(17(21)22)11-12-9-10-16(25-12)13-7-5-6-8-15(13)24-4/h5-10,14H,11H2,1-4H3,(H,20,23)(H,21,22). The molecule has 140 valence electrons. The highest BCUT2D eigenvalue weighted by molar-refractivity contribution is 5.80. The van der Waals surface area contributed by atoms with Gasteiger partial charge in [0.05, 0.1) is 12.7 Å². The zero-order chi connectivity index (χ0) is 19.3. The molecule has 0 bridgehead atoms. The summed E-state index contributed by atoms with van der Waals surface area (Å²) in [5.41, 5.74) is 0.0442. The molecule has 7 nitrogen and oxygen atoms in total. The maximum absolute atomic E-state index is 11.8. The van der Waals surface area contributed by atoms with Gasteiger partial charge in [0.15, 0.2) is 0 Å². The van der Waals surface area contributed by atoms with Crippen LogP contribution < -0.4 is 10.1 Å². The second kappa shape index (κ2) is 7.95. The molecule has 1 aromatic carbocycles. The Bertz CT molecular complexity index is 774. The van der Waals surface area contributed by atoms with E-state index in [4.69, 9.17) is 13.9 Å². The average Bonchev–Trinajstić information content (AvgIpc) is 3.00. The van der Waals surface area contributed by atoms with Gasteiger partial charge in [-0.25, -0.2) is 9.59 Å². The molecule has 0 saturated heterocycles. The predicted molar refractivity (Wildman–Crippen MR) is 95.2 cm³/mol. The Morgan fingerprint density at radius 3 is 2.50 bits per heavy atom. The fourth-order valence-electron chi connectivity index (χ4n) is 2.33. The summed E-state index contributed by atoms with van der Waals surface area (Å²) in [5, 5.41) is 11.7. The smallest absolute Gasteiger partial charge is 0.408 e. The van der Waals surface area contributed by atoms with Crippen LogP contribution in [0.3, 0.4) is 0 Å². The molecule has 0 radical (unpaired) electrons. The Hall–Kier alpha value is -2.96. The molecule has 0 aliphatic carbocycles. The fourth-order valence-corrected chi connectivity index (χ4v) is 2.33. The normalized spacial score (nSPS) is 12.3. The molecule has 1 atom stereocenters. The first kappa shape index (κ1) is 19.4. The molecular weight excluding hydrogens is 338 g/mol. The number of aliphatic carboxylic acids is 1. The number of methoxy groups -OCH3 is 1. The summed E-state index contributed by atoms with van der Waals surface area (Å²) in [4.78, 5) is 23.3. The number of carboxylic acid groups (broad SMARTS) is 1. The van der Waals surface area contributed by atoms with E-state index in [1.54, 1.807) is 40.0 Å². The molecule has 0 spiro atoms. The Labute approximate surface area is 151 Å². The van der Waals surface area contributed by atoms with Crippen molar-refractivity contribution in [3.05, 3.63) is 42.2 Å². The van der Waals surface area contributed by atoms with Crippen molar-refractivity contribution in [3.63, 3.8) is 0 Å². The molecule has 2 aromatic rings. The van der Waals surface area contributed by atoms with Gasteiger partial charge in [0.1, 0.15) is 28.9 Å². The third-order valence-corrected chi connectivity index (χ3v) is 3.43. The van der Waals surface area contributed by atoms with Crippen LogP contribution in [0.5, 0.6) is 5.75 Å². The zero-order valence-corrected chi connectivity index (χ0v) is 15.2. The van der Waals surface area contributed by atoms with Gasteiger partial charge in [-0.2, -0.15) is 0 Å². The first-order valence-corrected chi connectivity index (χ1v) is 8.14. The molecular formula is C19H23NO6. The van der Waals surface area contributed by atoms with E-state index in [2.05, 4.69) is 5.32 Å². The number of benzene rings is 1. The second-order valence-electron chi connectivity index (χ2n) is 6.71. The maximum Gasteiger partial charge on any atom is 0.408 e. The largest absolute Gasteiger partial charge is 0.496 e. The molecule has 1 heterocycles. The van der Waals surface area contributed by atoms with Crippen molar-refractivity contribution in [2.75, 3.05) is 7.11 Å². The van der Waals surface area contributed by atoms with Crippen molar-refractivity contribution >= 4 is 12.1 Å². The second-order valence-corrected chi connectivity index (χ2v) is 6.71. The van der Waals surface area contributed by atoms with E-state index >= 15 is 0 Å². The highest BCUT2D eigenvalue weighted by atomic mass is 16.6. The minimum absolute atomic E-state index is 0.0102. The van der Waals surface area contributed by atoms with Crippen LogP contribution in [0.2, 0.25) is 0 Å². The Balaban J connectivity index is 2.12. The van der Waals surface area contributed by atoms with Gasteiger partial charge in [-0.05, 0) is 45.0 Å². The van der Waals surface area contributed by atoms with Gasteiger partial charge in [-0.15, -0.1) is 0 Å². The first-order chi connectivity index (χ1) is 12.2. The highest BCUT2D eigenvalue weighted by Gasteiger charge is 2.25. The van der Waals surface area contributed by atoms with Crippen LogP contribution in [0.15, 0.2) is 40.8 Å². The van der Waals surface area contributed by atoms with Crippen molar-refractivity contribution in [1.82, 2.24) is 5.32 Å². The van der Waals surface area contributed by atoms with Crippen LogP contribution in [0, 0.1) is 0 Å². The number of furan rings is 1. The van der Waals surface area contributed by atoms with Crippen LogP contribution in [-0.4, -0.2) is 35.9 Å². The highest BCUT2D eigenvalue weighted by Crippen LogP contribution is 2.31. The van der Waals surface area contributed by atoms with Gasteiger partial charge in [0.25, 0.3) is 0 Å². The molecule has 2 rings (SSSR count). The lowest BCUT2D eigenvalue weighted by Gasteiger charge is -2.21. The van der Waals surface area contributed by atoms with Gasteiger partial charge < -0.3 is 24.3 Å². The van der Waals surface area contributed by atoms with E-state index in [-0.39, 0.29) is 6.42 Å². The number of carboxylic acids is 1. The third-order valence-electron chi connectivity index (χ3n) is 3.43. The van der Waals surface area contributed by atoms with E-state index in [0.29, 0.717) is 17.3 Å². The van der Waals surface area contributed by atoms with Crippen molar-refractivity contribution < 1.29 is 28.6 Å². The number of ether oxygens (including phenoxy) is 2. The number of carbonyl (C=O) groups excluding carboxylic acids is 1. The lowest BCUT2D eigenvalue weighted by atomic mass is 10.1. The molecule has 7 heteroatoms. The van der Waals surface area contributed by atoms with Crippen molar-refractivity contribution in [2.24, 2.45) is 0 Å². The molecule has 1 unspecified atom stereocenters. The molecule has 1 aromatic heterocycles. The number of carbonyl (C=O) groups is 2. The number of rotatable bonds is 6. The minimum atomic E-state index is -1.17. The number of hydrogen-bond acceptors (Lipinski definition) is 5. The number of amides is 1. The molecule has 0 saturated carbocycles. The zero-order valence-electron chi connectivity index (χ0n) is 15.2. The van der Waals surface area contributed by atoms with Crippen molar-refractivity contribution in [2.45, 2.75) is 38.8 Å². The van der Waals surface area contributed by atoms with Crippen LogP contribution in [0.4, 0.5) is 4.79 Å². The topological polar surface area (TPSA) is 98.0 Å². The monoisotopic (exact) mass is 361 g/mol. The van der Waals surface area contributed by atoms with E-state index in [9.17, 15) is 14.7 Å². The molecule has 0 aliphatic heterocycles. The van der Waals surface area contributed by atoms with Crippen molar-refractivity contribution in [1.29, 1.82) is 0 Å². The lowest BCUT2D eigenvalue weighted by molar-refractivity contribution is -0.139. The van der Waals surface area contributed by atoms with E-state index in [1.165, 1.54) is 0 Å². The van der Waals surface area contributed by atoms with Crippen LogP contribution >= 0.6 is 0 Å². The van der Waals surface area contributed by atoms with Crippen LogP contribution in [0.25, 0.3) is 11.3 Å². The summed E-state index contributed by atoms with van der Waals surface area (Å²) in [5.74, 6) is 0.453. The number of alkyl carbamates (subject to hydrolysis) is 1. The van der Waals surface area contributed by atoms with E-state index < -0.39 is 23.7 Å². The van der Waals surface area contributed by atoms with Gasteiger partial charge >= 0.3 is 12.1 Å². The van der Waals surface area contributed by atoms with Crippen LogP contribution in [0.1, 0.15) is 26.5 Å². The van der Waals surface area contributed by atoms with Crippen molar-refractivity contribution in [3.8, 4) is 17.1 Å². The Morgan fingerprint density at radius 2 is 1.88 bits per heavy atom. The Morgan fingerprint density at radius 1 is 1.19 bits per heavy atom. The first-order valence-electron chi connectivity index (χ1n) is 8.14. The maximum atomic E-state index is 11.8. The molecule has 1 amide bonds. The quantitative estimate of drug-likeness (QED) is 0.817.